The third kappa shape index (κ3) is 5.89. The first-order valence-corrected chi connectivity index (χ1v) is 20.6. The van der Waals surface area contributed by atoms with Crippen LogP contribution in [0, 0.1) is 0 Å². The quantitative estimate of drug-likeness (QED) is 0.124. The van der Waals surface area contributed by atoms with Crippen molar-refractivity contribution in [2.24, 2.45) is 15.0 Å². The van der Waals surface area contributed by atoms with Gasteiger partial charge in [-0.1, -0.05) is 127 Å². The summed E-state index contributed by atoms with van der Waals surface area (Å²) in [5.74, 6) is 1.75. The number of hydrogen-bond acceptors (Lipinski definition) is 6. The Kier molecular flexibility index (Phi) is 8.31. The Morgan fingerprint density at radius 1 is 0.569 bits per heavy atom. The van der Waals surface area contributed by atoms with Crippen molar-refractivity contribution in [3.05, 3.63) is 180 Å². The molecule has 0 unspecified atom stereocenters. The van der Waals surface area contributed by atoms with E-state index in [0.29, 0.717) is 24.0 Å². The molecular weight excluding hydrogens is 751 g/mol. The molecule has 58 heavy (non-hydrogen) atoms. The molecule has 274 valence electrons. The molecule has 11 rings (SSSR count). The van der Waals surface area contributed by atoms with Crippen molar-refractivity contribution < 1.29 is 4.42 Å². The lowest BCUT2D eigenvalue weighted by molar-refractivity contribution is 0.669. The fourth-order valence-electron chi connectivity index (χ4n) is 7.75. The molecule has 0 saturated carbocycles. The van der Waals surface area contributed by atoms with Crippen LogP contribution in [-0.2, 0) is 6.54 Å². The monoisotopic (exact) mass is 781 g/mol. The number of rotatable bonds is 6. The fourth-order valence-corrected chi connectivity index (χ4v) is 10.1. The van der Waals surface area contributed by atoms with Crippen LogP contribution in [0.25, 0.3) is 85.1 Å². The van der Waals surface area contributed by atoms with Crippen LogP contribution in [-0.4, -0.2) is 28.4 Å². The average molecular weight is 782 g/mol. The second kappa shape index (κ2) is 14.1. The zero-order valence-corrected chi connectivity index (χ0v) is 32.6. The smallest absolute Gasteiger partial charge is 0.161 e. The molecule has 0 saturated heterocycles. The largest absolute Gasteiger partial charge is 0.456 e. The van der Waals surface area contributed by atoms with Gasteiger partial charge in [-0.05, 0) is 48.7 Å². The number of hydrogen-bond donors (Lipinski definition) is 0. The Bertz CT molecular complexity index is 3450. The summed E-state index contributed by atoms with van der Waals surface area (Å²) in [6, 6.07) is 56.1. The van der Waals surface area contributed by atoms with Gasteiger partial charge in [0.1, 0.15) is 11.2 Å². The number of benzene rings is 7. The lowest BCUT2D eigenvalue weighted by Crippen LogP contribution is -2.06. The van der Waals surface area contributed by atoms with E-state index < -0.39 is 0 Å². The zero-order valence-electron chi connectivity index (χ0n) is 31.0. The number of nitrogens with zero attached hydrogens (tertiary/aromatic N) is 5. The molecule has 8 heteroatoms. The fraction of sp³-hybridized carbons (Fsp3) is 0.0200. The van der Waals surface area contributed by atoms with Gasteiger partial charge in [-0.15, -0.1) is 22.7 Å². The normalized spacial score (nSPS) is 12.5. The first-order chi connectivity index (χ1) is 28.7. The Labute approximate surface area is 340 Å². The maximum Gasteiger partial charge on any atom is 0.161 e. The van der Waals surface area contributed by atoms with Gasteiger partial charge in [-0.3, -0.25) is 4.99 Å². The standard InChI is InChI=1S/C50H31N5OS2/c1-51-50(55-48(52-29-30-13-4-2-5-14-30)32-23-25-35-34-17-8-10-20-39(34)56-40(35)27-32)38-19-12-22-42-44(38)36-26-24-33(28-43(36)57-42)49-53-45(31-15-6-3-7-16-31)47-46(54-49)37-18-9-11-21-41(37)58-47/h2-28H,1,29H2. The van der Waals surface area contributed by atoms with Crippen LogP contribution in [0.15, 0.2) is 183 Å². The predicted molar refractivity (Wildman–Crippen MR) is 245 cm³/mol. The van der Waals surface area contributed by atoms with Crippen LogP contribution >= 0.6 is 22.7 Å². The summed E-state index contributed by atoms with van der Waals surface area (Å²) in [5, 5.41) is 5.44. The minimum atomic E-state index is 0.456. The van der Waals surface area contributed by atoms with E-state index in [1.54, 1.807) is 22.7 Å². The second-order valence-electron chi connectivity index (χ2n) is 14.1. The second-order valence-corrected chi connectivity index (χ2v) is 16.2. The van der Waals surface area contributed by atoms with Crippen LogP contribution in [0.4, 0.5) is 0 Å². The van der Waals surface area contributed by atoms with Gasteiger partial charge in [0.25, 0.3) is 0 Å². The van der Waals surface area contributed by atoms with Crippen LogP contribution in [0.2, 0.25) is 0 Å². The van der Waals surface area contributed by atoms with Gasteiger partial charge >= 0.3 is 0 Å². The van der Waals surface area contributed by atoms with E-state index in [2.05, 4.69) is 127 Å². The van der Waals surface area contributed by atoms with Crippen molar-refractivity contribution in [3.63, 3.8) is 0 Å². The van der Waals surface area contributed by atoms with E-state index >= 15 is 0 Å². The molecule has 7 aromatic carbocycles. The Balaban J connectivity index is 1.04. The highest BCUT2D eigenvalue weighted by Crippen LogP contribution is 2.42. The molecule has 0 amide bonds. The summed E-state index contributed by atoms with van der Waals surface area (Å²) >= 11 is 3.48. The lowest BCUT2D eigenvalue weighted by Gasteiger charge is -2.08. The van der Waals surface area contributed by atoms with Crippen molar-refractivity contribution in [1.82, 2.24) is 9.97 Å². The SMILES string of the molecule is C=NC(=NC(=NCc1ccccc1)c1ccc2c(c1)oc1ccccc12)c1cccc2sc3cc(-c4nc(-c5ccccc5)c5sc6ccccc6c5n4)ccc3c12. The molecule has 0 spiro atoms. The average Bonchev–Trinajstić information content (AvgIpc) is 3.97. The number of para-hydroxylation sites is 1. The number of furan rings is 1. The van der Waals surface area contributed by atoms with Gasteiger partial charge in [-0.25, -0.2) is 20.0 Å². The number of amidine groups is 2. The number of aliphatic imine (C=N–C) groups is 3. The molecule has 0 radical (unpaired) electrons. The van der Waals surface area contributed by atoms with Crippen LogP contribution in [0.1, 0.15) is 16.7 Å². The summed E-state index contributed by atoms with van der Waals surface area (Å²) in [5.41, 5.74) is 8.39. The number of fused-ring (bicyclic) bond motifs is 9. The highest BCUT2D eigenvalue weighted by Gasteiger charge is 2.19. The van der Waals surface area contributed by atoms with E-state index in [-0.39, 0.29) is 0 Å². The highest BCUT2D eigenvalue weighted by atomic mass is 32.1. The minimum absolute atomic E-state index is 0.456. The van der Waals surface area contributed by atoms with Gasteiger partial charge < -0.3 is 4.42 Å². The highest BCUT2D eigenvalue weighted by molar-refractivity contribution is 7.26. The van der Waals surface area contributed by atoms with Crippen molar-refractivity contribution in [2.45, 2.75) is 6.54 Å². The summed E-state index contributed by atoms with van der Waals surface area (Å²) in [6.07, 6.45) is 0. The first-order valence-electron chi connectivity index (χ1n) is 18.9. The number of aromatic nitrogens is 2. The molecule has 4 heterocycles. The van der Waals surface area contributed by atoms with Crippen molar-refractivity contribution in [1.29, 1.82) is 0 Å². The molecule has 0 aliphatic rings. The Morgan fingerprint density at radius 2 is 1.31 bits per heavy atom. The molecule has 0 N–H and O–H groups in total. The molecule has 0 bridgehead atoms. The minimum Gasteiger partial charge on any atom is -0.456 e. The van der Waals surface area contributed by atoms with Gasteiger partial charge in [-0.2, -0.15) is 0 Å². The van der Waals surface area contributed by atoms with E-state index in [1.807, 2.05) is 48.5 Å². The summed E-state index contributed by atoms with van der Waals surface area (Å²) in [7, 11) is 0. The van der Waals surface area contributed by atoms with Crippen molar-refractivity contribution in [2.75, 3.05) is 0 Å². The van der Waals surface area contributed by atoms with Crippen LogP contribution in [0.5, 0.6) is 0 Å². The molecule has 6 nitrogen and oxygen atoms in total. The van der Waals surface area contributed by atoms with E-state index in [1.165, 1.54) is 4.70 Å². The molecule has 0 aliphatic carbocycles. The van der Waals surface area contributed by atoms with Gasteiger partial charge in [0.15, 0.2) is 17.5 Å². The summed E-state index contributed by atoms with van der Waals surface area (Å²) in [6.45, 7) is 4.47. The van der Waals surface area contributed by atoms with E-state index in [0.717, 1.165) is 91.2 Å². The lowest BCUT2D eigenvalue weighted by atomic mass is 10.0. The van der Waals surface area contributed by atoms with Crippen molar-refractivity contribution in [3.8, 4) is 22.6 Å². The third-order valence-corrected chi connectivity index (χ3v) is 12.8. The first kappa shape index (κ1) is 34.1. The molecule has 0 aliphatic heterocycles. The summed E-state index contributed by atoms with van der Waals surface area (Å²) in [4.78, 5) is 25.2. The topological polar surface area (TPSA) is 76.0 Å². The predicted octanol–water partition coefficient (Wildman–Crippen LogP) is 13.5. The molecule has 4 aromatic heterocycles. The van der Waals surface area contributed by atoms with Crippen LogP contribution in [0.3, 0.4) is 0 Å². The van der Waals surface area contributed by atoms with Gasteiger partial charge in [0, 0.05) is 63.3 Å². The van der Waals surface area contributed by atoms with Gasteiger partial charge in [0.05, 0.1) is 22.5 Å². The molecule has 11 aromatic rings. The van der Waals surface area contributed by atoms with Crippen LogP contribution < -0.4 is 0 Å². The maximum atomic E-state index is 6.28. The van der Waals surface area contributed by atoms with E-state index in [9.17, 15) is 0 Å². The Morgan fingerprint density at radius 3 is 2.17 bits per heavy atom. The van der Waals surface area contributed by atoms with E-state index in [4.69, 9.17) is 24.4 Å². The number of thiophene rings is 2. The summed E-state index contributed by atoms with van der Waals surface area (Å²) < 4.78 is 10.8. The molecule has 0 fully saturated rings. The van der Waals surface area contributed by atoms with Crippen molar-refractivity contribution >= 4 is 103 Å². The zero-order chi connectivity index (χ0) is 38.6. The third-order valence-electron chi connectivity index (χ3n) is 10.5. The molecule has 0 atom stereocenters. The Hall–Kier alpha value is -7.13. The molecular formula is C50H31N5OS2. The van der Waals surface area contributed by atoms with Gasteiger partial charge in [0.2, 0.25) is 0 Å². The maximum absolute atomic E-state index is 6.28.